The van der Waals surface area contributed by atoms with E-state index in [0.717, 1.165) is 11.3 Å². The van der Waals surface area contributed by atoms with Crippen LogP contribution in [0.2, 0.25) is 0 Å². The molecule has 2 amide bonds. The van der Waals surface area contributed by atoms with Gasteiger partial charge < -0.3 is 15.0 Å². The van der Waals surface area contributed by atoms with Crippen molar-refractivity contribution in [3.05, 3.63) is 34.5 Å². The molecule has 0 saturated carbocycles. The van der Waals surface area contributed by atoms with Crippen molar-refractivity contribution < 1.29 is 31.9 Å². The molecule has 1 aliphatic heterocycles. The highest BCUT2D eigenvalue weighted by atomic mass is 32.1. The second-order valence-corrected chi connectivity index (χ2v) is 7.20. The molecular formula is C17H16F4N2O3S. The number of carbonyl (C=O) groups is 2. The van der Waals surface area contributed by atoms with E-state index in [1.54, 1.807) is 6.07 Å². The molecule has 1 N–H and O–H groups in total. The summed E-state index contributed by atoms with van der Waals surface area (Å²) < 4.78 is 57.3. The number of halogens is 4. The third kappa shape index (κ3) is 4.06. The van der Waals surface area contributed by atoms with Crippen molar-refractivity contribution in [2.75, 3.05) is 20.2 Å². The maximum Gasteiger partial charge on any atom is 0.406 e. The fraction of sp³-hybridized carbons (Fsp3) is 0.412. The third-order valence-corrected chi connectivity index (χ3v) is 5.43. The number of amides is 2. The molecule has 5 nitrogen and oxygen atoms in total. The quantitative estimate of drug-likeness (QED) is 0.780. The average molecular weight is 404 g/mol. The van der Waals surface area contributed by atoms with E-state index < -0.39 is 36.4 Å². The molecule has 1 atom stereocenters. The number of likely N-dealkylation sites (tertiary alicyclic amines) is 1. The Balaban J connectivity index is 1.82. The van der Waals surface area contributed by atoms with E-state index in [0.29, 0.717) is 15.2 Å². The first-order chi connectivity index (χ1) is 12.7. The van der Waals surface area contributed by atoms with Gasteiger partial charge in [-0.15, -0.1) is 11.3 Å². The number of benzene rings is 1. The van der Waals surface area contributed by atoms with Crippen molar-refractivity contribution >= 4 is 33.2 Å². The lowest BCUT2D eigenvalue weighted by atomic mass is 10.1. The third-order valence-electron chi connectivity index (χ3n) is 4.23. The average Bonchev–Trinajstić information content (AvgIpc) is 3.10. The van der Waals surface area contributed by atoms with Crippen LogP contribution in [0.5, 0.6) is 0 Å². The number of alkyl halides is 3. The summed E-state index contributed by atoms with van der Waals surface area (Å²) in [6.45, 7) is -1.45. The summed E-state index contributed by atoms with van der Waals surface area (Å²) in [5.41, 5.74) is 0.352. The molecule has 1 fully saturated rings. The maximum atomic E-state index is 14.2. The van der Waals surface area contributed by atoms with Crippen molar-refractivity contribution in [1.82, 2.24) is 10.2 Å². The van der Waals surface area contributed by atoms with Gasteiger partial charge in [-0.1, -0.05) is 6.07 Å². The van der Waals surface area contributed by atoms with Gasteiger partial charge in [0.1, 0.15) is 18.4 Å². The second-order valence-electron chi connectivity index (χ2n) is 6.15. The molecule has 0 aliphatic carbocycles. The molecule has 0 spiro atoms. The summed E-state index contributed by atoms with van der Waals surface area (Å²) in [5.74, 6) is -1.90. The highest BCUT2D eigenvalue weighted by Crippen LogP contribution is 2.34. The van der Waals surface area contributed by atoms with Gasteiger partial charge in [0.15, 0.2) is 0 Å². The normalized spacial score (nSPS) is 17.7. The minimum atomic E-state index is -4.50. The van der Waals surface area contributed by atoms with Crippen molar-refractivity contribution in [2.24, 2.45) is 0 Å². The monoisotopic (exact) mass is 404 g/mol. The number of nitrogens with one attached hydrogen (secondary N) is 1. The molecule has 1 aliphatic rings. The fourth-order valence-electron chi connectivity index (χ4n) is 3.10. The molecule has 10 heteroatoms. The summed E-state index contributed by atoms with van der Waals surface area (Å²) in [6.07, 6.45) is -4.41. The summed E-state index contributed by atoms with van der Waals surface area (Å²) >= 11 is 1.04. The van der Waals surface area contributed by atoms with Gasteiger partial charge in [0.05, 0.1) is 11.5 Å². The summed E-state index contributed by atoms with van der Waals surface area (Å²) in [4.78, 5) is 25.6. The molecular weight excluding hydrogens is 388 g/mol. The highest BCUT2D eigenvalue weighted by Gasteiger charge is 2.40. The molecule has 1 aromatic carbocycles. The van der Waals surface area contributed by atoms with Gasteiger partial charge in [0.2, 0.25) is 5.91 Å². The molecule has 0 radical (unpaired) electrons. The number of rotatable bonds is 5. The standard InChI is InChI=1S/C17H16F4N2O3S/c1-26-7-9-13-10(18)3-2-4-12(13)27-14(9)15(24)22-11-5-6-23(16(11)25)8-17(19,20)21/h2-4,11H,5-8H2,1H3,(H,22,24). The van der Waals surface area contributed by atoms with Crippen molar-refractivity contribution in [1.29, 1.82) is 0 Å². The lowest BCUT2D eigenvalue weighted by molar-refractivity contribution is -0.157. The van der Waals surface area contributed by atoms with E-state index >= 15 is 0 Å². The van der Waals surface area contributed by atoms with Crippen LogP contribution in [0.25, 0.3) is 10.1 Å². The van der Waals surface area contributed by atoms with Crippen molar-refractivity contribution in [3.8, 4) is 0 Å². The number of fused-ring (bicyclic) bond motifs is 1. The number of nitrogens with zero attached hydrogens (tertiary/aromatic N) is 1. The van der Waals surface area contributed by atoms with Gasteiger partial charge in [-0.3, -0.25) is 9.59 Å². The van der Waals surface area contributed by atoms with Crippen LogP contribution in [0.4, 0.5) is 17.6 Å². The lowest BCUT2D eigenvalue weighted by Gasteiger charge is -2.18. The summed E-state index contributed by atoms with van der Waals surface area (Å²) in [5, 5.41) is 2.74. The second kappa shape index (κ2) is 7.43. The largest absolute Gasteiger partial charge is 0.406 e. The maximum absolute atomic E-state index is 14.2. The zero-order valence-corrected chi connectivity index (χ0v) is 15.0. The lowest BCUT2D eigenvalue weighted by Crippen LogP contribution is -2.43. The van der Waals surface area contributed by atoms with E-state index in [9.17, 15) is 27.2 Å². The van der Waals surface area contributed by atoms with Gasteiger partial charge in [0, 0.05) is 29.3 Å². The predicted molar refractivity (Wildman–Crippen MR) is 91.0 cm³/mol. The minimum Gasteiger partial charge on any atom is -0.380 e. The molecule has 1 saturated heterocycles. The summed E-state index contributed by atoms with van der Waals surface area (Å²) in [7, 11) is 1.40. The molecule has 0 bridgehead atoms. The van der Waals surface area contributed by atoms with Crippen LogP contribution in [0.3, 0.4) is 0 Å². The van der Waals surface area contributed by atoms with Gasteiger partial charge >= 0.3 is 6.18 Å². The zero-order chi connectivity index (χ0) is 19.8. The number of ether oxygens (including phenoxy) is 1. The molecule has 1 aromatic heterocycles. The van der Waals surface area contributed by atoms with E-state index in [4.69, 9.17) is 4.74 Å². The Bertz CT molecular complexity index is 881. The highest BCUT2D eigenvalue weighted by molar-refractivity contribution is 7.21. The molecule has 27 heavy (non-hydrogen) atoms. The summed E-state index contributed by atoms with van der Waals surface area (Å²) in [6, 6.07) is 3.41. The van der Waals surface area contributed by atoms with E-state index in [2.05, 4.69) is 5.32 Å². The van der Waals surface area contributed by atoms with Gasteiger partial charge in [0.25, 0.3) is 5.91 Å². The molecule has 2 aromatic rings. The number of thiophene rings is 1. The van der Waals surface area contributed by atoms with Crippen LogP contribution in [-0.2, 0) is 16.1 Å². The SMILES string of the molecule is COCc1c(C(=O)NC2CCN(CC(F)(F)F)C2=O)sc2cccc(F)c12. The van der Waals surface area contributed by atoms with E-state index in [1.165, 1.54) is 19.2 Å². The molecule has 1 unspecified atom stereocenters. The van der Waals surface area contributed by atoms with Crippen LogP contribution in [-0.4, -0.2) is 49.1 Å². The first-order valence-electron chi connectivity index (χ1n) is 8.06. The Kier molecular flexibility index (Phi) is 5.38. The van der Waals surface area contributed by atoms with Gasteiger partial charge in [-0.2, -0.15) is 13.2 Å². The molecule has 146 valence electrons. The smallest absolute Gasteiger partial charge is 0.380 e. The minimum absolute atomic E-state index is 0.0114. The van der Waals surface area contributed by atoms with Gasteiger partial charge in [-0.05, 0) is 18.6 Å². The van der Waals surface area contributed by atoms with E-state index in [-0.39, 0.29) is 29.8 Å². The van der Waals surface area contributed by atoms with Crippen molar-refractivity contribution in [3.63, 3.8) is 0 Å². The number of methoxy groups -OCH3 is 1. The Labute approximate surface area is 155 Å². The number of hydrogen-bond acceptors (Lipinski definition) is 4. The predicted octanol–water partition coefficient (Wildman–Crippen LogP) is 3.08. The first-order valence-corrected chi connectivity index (χ1v) is 8.88. The van der Waals surface area contributed by atoms with Crippen LogP contribution in [0, 0.1) is 5.82 Å². The topological polar surface area (TPSA) is 58.6 Å². The number of carbonyl (C=O) groups excluding carboxylic acids is 2. The van der Waals surface area contributed by atoms with E-state index in [1.807, 2.05) is 0 Å². The van der Waals surface area contributed by atoms with Crippen LogP contribution < -0.4 is 5.32 Å². The van der Waals surface area contributed by atoms with Crippen molar-refractivity contribution in [2.45, 2.75) is 25.2 Å². The van der Waals surface area contributed by atoms with Crippen LogP contribution >= 0.6 is 11.3 Å². The Morgan fingerprint density at radius 1 is 1.41 bits per heavy atom. The van der Waals surface area contributed by atoms with Crippen LogP contribution in [0.1, 0.15) is 21.7 Å². The Morgan fingerprint density at radius 3 is 2.81 bits per heavy atom. The van der Waals surface area contributed by atoms with Crippen LogP contribution in [0.15, 0.2) is 18.2 Å². The zero-order valence-electron chi connectivity index (χ0n) is 14.2. The molecule has 2 heterocycles. The molecule has 3 rings (SSSR count). The Morgan fingerprint density at radius 2 is 2.15 bits per heavy atom. The number of hydrogen-bond donors (Lipinski definition) is 1. The first kappa shape index (κ1) is 19.6. The fourth-order valence-corrected chi connectivity index (χ4v) is 4.23. The van der Waals surface area contributed by atoms with Gasteiger partial charge in [-0.25, -0.2) is 4.39 Å². The Hall–Kier alpha value is -2.20.